The summed E-state index contributed by atoms with van der Waals surface area (Å²) >= 11 is 3.39. The van der Waals surface area contributed by atoms with Crippen molar-refractivity contribution >= 4 is 21.8 Å². The lowest BCUT2D eigenvalue weighted by Gasteiger charge is -2.29. The molecule has 2 rings (SSSR count). The van der Waals surface area contributed by atoms with Gasteiger partial charge in [-0.1, -0.05) is 0 Å². The number of pyridine rings is 1. The third-order valence-electron chi connectivity index (χ3n) is 3.55. The van der Waals surface area contributed by atoms with Gasteiger partial charge < -0.3 is 9.64 Å². The third kappa shape index (κ3) is 3.54. The standard InChI is InChI=1S/C14H19BrN2O2/c1-10(11-5-6-11)17(8-9-19-2)14(18)13-12(15)4-3-7-16-13/h3-4,7,10-11H,5-6,8-9H2,1-2H3. The molecule has 0 bridgehead atoms. The van der Waals surface area contributed by atoms with Gasteiger partial charge in [0.25, 0.3) is 5.91 Å². The SMILES string of the molecule is COCCN(C(=O)c1ncccc1Br)C(C)C1CC1. The van der Waals surface area contributed by atoms with Crippen molar-refractivity contribution < 1.29 is 9.53 Å². The molecule has 1 aliphatic rings. The summed E-state index contributed by atoms with van der Waals surface area (Å²) in [5.41, 5.74) is 0.478. The van der Waals surface area contributed by atoms with E-state index in [-0.39, 0.29) is 11.9 Å². The number of hydrogen-bond acceptors (Lipinski definition) is 3. The van der Waals surface area contributed by atoms with Crippen molar-refractivity contribution in [1.29, 1.82) is 0 Å². The summed E-state index contributed by atoms with van der Waals surface area (Å²) in [5, 5.41) is 0. The predicted octanol–water partition coefficient (Wildman–Crippen LogP) is 2.73. The van der Waals surface area contributed by atoms with Crippen molar-refractivity contribution in [3.8, 4) is 0 Å². The van der Waals surface area contributed by atoms with Gasteiger partial charge in [-0.3, -0.25) is 4.79 Å². The van der Waals surface area contributed by atoms with Crippen LogP contribution in [0.1, 0.15) is 30.3 Å². The Morgan fingerprint density at radius 3 is 2.95 bits per heavy atom. The number of nitrogens with zero attached hydrogens (tertiary/aromatic N) is 2. The zero-order chi connectivity index (χ0) is 13.8. The minimum absolute atomic E-state index is 0.0241. The molecule has 19 heavy (non-hydrogen) atoms. The highest BCUT2D eigenvalue weighted by atomic mass is 79.9. The van der Waals surface area contributed by atoms with E-state index in [1.165, 1.54) is 12.8 Å². The maximum absolute atomic E-state index is 12.6. The monoisotopic (exact) mass is 326 g/mol. The molecule has 1 unspecified atom stereocenters. The van der Waals surface area contributed by atoms with Crippen molar-refractivity contribution in [3.05, 3.63) is 28.5 Å². The van der Waals surface area contributed by atoms with Crippen molar-refractivity contribution in [2.24, 2.45) is 5.92 Å². The molecule has 104 valence electrons. The van der Waals surface area contributed by atoms with Gasteiger partial charge in [0.1, 0.15) is 5.69 Å². The highest BCUT2D eigenvalue weighted by Gasteiger charge is 2.35. The van der Waals surface area contributed by atoms with E-state index in [0.29, 0.717) is 24.8 Å². The van der Waals surface area contributed by atoms with Crippen LogP contribution >= 0.6 is 15.9 Å². The second kappa shape index (κ2) is 6.48. The molecule has 0 N–H and O–H groups in total. The fourth-order valence-corrected chi connectivity index (χ4v) is 2.62. The minimum atomic E-state index is -0.0241. The first-order valence-corrected chi connectivity index (χ1v) is 7.35. The fraction of sp³-hybridized carbons (Fsp3) is 0.571. The highest BCUT2D eigenvalue weighted by Crippen LogP contribution is 2.35. The van der Waals surface area contributed by atoms with Crippen LogP contribution in [0.15, 0.2) is 22.8 Å². The van der Waals surface area contributed by atoms with E-state index in [2.05, 4.69) is 27.8 Å². The third-order valence-corrected chi connectivity index (χ3v) is 4.19. The maximum Gasteiger partial charge on any atom is 0.273 e. The van der Waals surface area contributed by atoms with Gasteiger partial charge in [-0.15, -0.1) is 0 Å². The molecular weight excluding hydrogens is 308 g/mol. The average molecular weight is 327 g/mol. The van der Waals surface area contributed by atoms with Gasteiger partial charge in [0.2, 0.25) is 0 Å². The zero-order valence-electron chi connectivity index (χ0n) is 11.3. The first kappa shape index (κ1) is 14.5. The maximum atomic E-state index is 12.6. The number of rotatable bonds is 6. The van der Waals surface area contributed by atoms with Crippen molar-refractivity contribution in [2.75, 3.05) is 20.3 Å². The predicted molar refractivity (Wildman–Crippen MR) is 77.0 cm³/mol. The molecule has 1 atom stereocenters. The van der Waals surface area contributed by atoms with Gasteiger partial charge in [0.15, 0.2) is 0 Å². The van der Waals surface area contributed by atoms with Gasteiger partial charge >= 0.3 is 0 Å². The van der Waals surface area contributed by atoms with Crippen LogP contribution < -0.4 is 0 Å². The normalized spacial score (nSPS) is 16.2. The summed E-state index contributed by atoms with van der Waals surface area (Å²) in [5.74, 6) is 0.604. The molecule has 1 amide bonds. The summed E-state index contributed by atoms with van der Waals surface area (Å²) in [4.78, 5) is 18.7. The van der Waals surface area contributed by atoms with Gasteiger partial charge in [-0.25, -0.2) is 4.98 Å². The summed E-state index contributed by atoms with van der Waals surface area (Å²) in [7, 11) is 1.65. The largest absolute Gasteiger partial charge is 0.383 e. The molecule has 0 aliphatic heterocycles. The minimum Gasteiger partial charge on any atom is -0.383 e. The first-order valence-electron chi connectivity index (χ1n) is 6.55. The summed E-state index contributed by atoms with van der Waals surface area (Å²) in [6.07, 6.45) is 4.07. The summed E-state index contributed by atoms with van der Waals surface area (Å²) in [6, 6.07) is 3.90. The molecule has 1 aromatic rings. The lowest BCUT2D eigenvalue weighted by atomic mass is 10.1. The quantitative estimate of drug-likeness (QED) is 0.807. The van der Waals surface area contributed by atoms with Crippen LogP contribution in [-0.4, -0.2) is 42.1 Å². The van der Waals surface area contributed by atoms with Gasteiger partial charge in [0.05, 0.1) is 6.61 Å². The highest BCUT2D eigenvalue weighted by molar-refractivity contribution is 9.10. The van der Waals surface area contributed by atoms with Crippen LogP contribution in [0.5, 0.6) is 0 Å². The number of aromatic nitrogens is 1. The van der Waals surface area contributed by atoms with E-state index in [4.69, 9.17) is 4.74 Å². The molecule has 1 aliphatic carbocycles. The van der Waals surface area contributed by atoms with E-state index in [1.54, 1.807) is 13.3 Å². The van der Waals surface area contributed by atoms with Gasteiger partial charge in [-0.2, -0.15) is 0 Å². The zero-order valence-corrected chi connectivity index (χ0v) is 12.9. The van der Waals surface area contributed by atoms with Crippen LogP contribution in [0.2, 0.25) is 0 Å². The number of carbonyl (C=O) groups excluding carboxylic acids is 1. The van der Waals surface area contributed by atoms with Crippen LogP contribution in [0, 0.1) is 5.92 Å². The van der Waals surface area contributed by atoms with E-state index < -0.39 is 0 Å². The number of carbonyl (C=O) groups is 1. The smallest absolute Gasteiger partial charge is 0.273 e. The van der Waals surface area contributed by atoms with Crippen molar-refractivity contribution in [3.63, 3.8) is 0 Å². The van der Waals surface area contributed by atoms with Crippen molar-refractivity contribution in [2.45, 2.75) is 25.8 Å². The number of ether oxygens (including phenoxy) is 1. The molecule has 0 radical (unpaired) electrons. The Morgan fingerprint density at radius 1 is 1.63 bits per heavy atom. The molecule has 1 saturated carbocycles. The summed E-state index contributed by atoms with van der Waals surface area (Å²) in [6.45, 7) is 3.27. The van der Waals surface area contributed by atoms with Crippen LogP contribution in [0.4, 0.5) is 0 Å². The Morgan fingerprint density at radius 2 is 2.37 bits per heavy atom. The fourth-order valence-electron chi connectivity index (χ4n) is 2.19. The molecule has 1 fully saturated rings. The number of hydrogen-bond donors (Lipinski definition) is 0. The van der Waals surface area contributed by atoms with E-state index >= 15 is 0 Å². The topological polar surface area (TPSA) is 42.4 Å². The number of amides is 1. The van der Waals surface area contributed by atoms with Crippen molar-refractivity contribution in [1.82, 2.24) is 9.88 Å². The molecule has 1 aromatic heterocycles. The van der Waals surface area contributed by atoms with E-state index in [0.717, 1.165) is 4.47 Å². The molecule has 0 saturated heterocycles. The average Bonchev–Trinajstić information content (AvgIpc) is 3.23. The van der Waals surface area contributed by atoms with Gasteiger partial charge in [-0.05, 0) is 53.7 Å². The van der Waals surface area contributed by atoms with Crippen LogP contribution in [0.3, 0.4) is 0 Å². The van der Waals surface area contributed by atoms with E-state index in [1.807, 2.05) is 17.0 Å². The Balaban J connectivity index is 2.17. The first-order chi connectivity index (χ1) is 9.15. The number of halogens is 1. The van der Waals surface area contributed by atoms with E-state index in [9.17, 15) is 4.79 Å². The number of methoxy groups -OCH3 is 1. The van der Waals surface area contributed by atoms with Crippen LogP contribution in [0.25, 0.3) is 0 Å². The molecule has 0 spiro atoms. The Labute approximate surface area is 122 Å². The lowest BCUT2D eigenvalue weighted by molar-refractivity contribution is 0.0588. The summed E-state index contributed by atoms with van der Waals surface area (Å²) < 4.78 is 5.85. The Hall–Kier alpha value is -0.940. The second-order valence-corrected chi connectivity index (χ2v) is 5.76. The molecule has 5 heteroatoms. The Kier molecular flexibility index (Phi) is 4.93. The van der Waals surface area contributed by atoms with Gasteiger partial charge in [0, 0.05) is 30.4 Å². The lowest BCUT2D eigenvalue weighted by Crippen LogP contribution is -2.42. The second-order valence-electron chi connectivity index (χ2n) is 4.90. The molecular formula is C14H19BrN2O2. The Bertz CT molecular complexity index is 449. The molecule has 4 nitrogen and oxygen atoms in total. The molecule has 0 aromatic carbocycles. The van der Waals surface area contributed by atoms with Crippen LogP contribution in [-0.2, 0) is 4.74 Å². The molecule has 1 heterocycles.